The molecule has 3 rings (SSSR count). The fourth-order valence-electron chi connectivity index (χ4n) is 1.83. The second-order valence-corrected chi connectivity index (χ2v) is 7.45. The zero-order chi connectivity index (χ0) is 14.8. The Morgan fingerprint density at radius 3 is 3.00 bits per heavy atom. The first-order valence-electron chi connectivity index (χ1n) is 6.21. The summed E-state index contributed by atoms with van der Waals surface area (Å²) in [6.07, 6.45) is 1.62. The van der Waals surface area contributed by atoms with Crippen LogP contribution in [0.2, 0.25) is 0 Å². The molecule has 0 aliphatic rings. The Hall–Kier alpha value is -1.51. The first-order chi connectivity index (χ1) is 10.2. The van der Waals surface area contributed by atoms with Gasteiger partial charge in [0.05, 0.1) is 14.4 Å². The van der Waals surface area contributed by atoms with E-state index in [-0.39, 0.29) is 5.91 Å². The van der Waals surface area contributed by atoms with Gasteiger partial charge in [-0.3, -0.25) is 14.8 Å². The van der Waals surface area contributed by atoms with E-state index < -0.39 is 0 Å². The maximum Gasteiger partial charge on any atom is 0.275 e. The molecule has 3 aromatic rings. The van der Waals surface area contributed by atoms with Crippen LogP contribution in [0, 0.1) is 0 Å². The lowest BCUT2D eigenvalue weighted by Crippen LogP contribution is -2.17. The number of carbonyl (C=O) groups is 1. The summed E-state index contributed by atoms with van der Waals surface area (Å²) < 4.78 is 2.71. The molecule has 1 N–H and O–H groups in total. The van der Waals surface area contributed by atoms with Crippen molar-refractivity contribution in [2.24, 2.45) is 0 Å². The largest absolute Gasteiger partial charge is 0.296 e. The van der Waals surface area contributed by atoms with Gasteiger partial charge in [-0.1, -0.05) is 0 Å². The third-order valence-electron chi connectivity index (χ3n) is 2.80. The van der Waals surface area contributed by atoms with Gasteiger partial charge in [-0.15, -0.1) is 22.7 Å². The maximum atomic E-state index is 12.2. The number of carbonyl (C=O) groups excluding carboxylic acids is 1. The zero-order valence-electron chi connectivity index (χ0n) is 11.0. The fraction of sp³-hybridized carbons (Fsp3) is 0.154. The molecule has 0 spiro atoms. The van der Waals surface area contributed by atoms with Gasteiger partial charge in [0.1, 0.15) is 5.69 Å². The van der Waals surface area contributed by atoms with Gasteiger partial charge in [-0.25, -0.2) is 4.98 Å². The summed E-state index contributed by atoms with van der Waals surface area (Å²) in [6, 6.07) is 5.68. The standard InChI is InChI=1S/C13H11BrN4OS2/c1-2-18-9(5-6-15-18)12(19)17-13-16-8(7-20-13)10-3-4-11(14)21-10/h3-7H,2H2,1H3,(H,16,17,19). The maximum absolute atomic E-state index is 12.2. The molecule has 0 aliphatic carbocycles. The number of thiazole rings is 1. The average Bonchev–Trinajstić information content (AvgIpc) is 3.17. The highest BCUT2D eigenvalue weighted by Gasteiger charge is 2.14. The molecular formula is C13H11BrN4OS2. The highest BCUT2D eigenvalue weighted by molar-refractivity contribution is 9.11. The summed E-state index contributed by atoms with van der Waals surface area (Å²) in [5.41, 5.74) is 1.41. The van der Waals surface area contributed by atoms with Crippen molar-refractivity contribution in [3.63, 3.8) is 0 Å². The molecular weight excluding hydrogens is 372 g/mol. The number of anilines is 1. The second-order valence-electron chi connectivity index (χ2n) is 4.13. The van der Waals surface area contributed by atoms with Crippen molar-refractivity contribution >= 4 is 49.6 Å². The summed E-state index contributed by atoms with van der Waals surface area (Å²) in [7, 11) is 0. The Morgan fingerprint density at radius 2 is 2.29 bits per heavy atom. The Bertz CT molecular complexity index is 777. The van der Waals surface area contributed by atoms with Crippen LogP contribution >= 0.6 is 38.6 Å². The van der Waals surface area contributed by atoms with Gasteiger partial charge in [0.25, 0.3) is 5.91 Å². The Kier molecular flexibility index (Phi) is 4.18. The van der Waals surface area contributed by atoms with Gasteiger partial charge in [-0.2, -0.15) is 5.10 Å². The molecule has 0 unspecified atom stereocenters. The van der Waals surface area contributed by atoms with E-state index in [0.717, 1.165) is 14.4 Å². The highest BCUT2D eigenvalue weighted by atomic mass is 79.9. The molecule has 0 saturated carbocycles. The first-order valence-corrected chi connectivity index (χ1v) is 8.70. The van der Waals surface area contributed by atoms with Crippen molar-refractivity contribution in [2.75, 3.05) is 5.32 Å². The molecule has 0 radical (unpaired) electrons. The molecule has 0 atom stereocenters. The summed E-state index contributed by atoms with van der Waals surface area (Å²) in [4.78, 5) is 17.7. The molecule has 108 valence electrons. The highest BCUT2D eigenvalue weighted by Crippen LogP contribution is 2.33. The molecule has 0 aromatic carbocycles. The van der Waals surface area contributed by atoms with Crippen molar-refractivity contribution in [3.8, 4) is 10.6 Å². The second kappa shape index (κ2) is 6.08. The van der Waals surface area contributed by atoms with Crippen LogP contribution in [0.5, 0.6) is 0 Å². The first kappa shape index (κ1) is 14.4. The van der Waals surface area contributed by atoms with E-state index >= 15 is 0 Å². The van der Waals surface area contributed by atoms with Crippen molar-refractivity contribution in [1.82, 2.24) is 14.8 Å². The van der Waals surface area contributed by atoms with Crippen molar-refractivity contribution in [2.45, 2.75) is 13.5 Å². The molecule has 0 bridgehead atoms. The van der Waals surface area contributed by atoms with E-state index in [2.05, 4.69) is 31.3 Å². The zero-order valence-corrected chi connectivity index (χ0v) is 14.3. The van der Waals surface area contributed by atoms with Gasteiger partial charge < -0.3 is 0 Å². The lowest BCUT2D eigenvalue weighted by atomic mass is 10.4. The number of hydrogen-bond donors (Lipinski definition) is 1. The van der Waals surface area contributed by atoms with E-state index in [1.165, 1.54) is 11.3 Å². The molecule has 21 heavy (non-hydrogen) atoms. The monoisotopic (exact) mass is 382 g/mol. The van der Waals surface area contributed by atoms with Gasteiger partial charge in [-0.05, 0) is 41.1 Å². The van der Waals surface area contributed by atoms with Crippen LogP contribution in [-0.2, 0) is 6.54 Å². The van der Waals surface area contributed by atoms with Crippen LogP contribution in [0.4, 0.5) is 5.13 Å². The fourth-order valence-corrected chi connectivity index (χ4v) is 3.96. The van der Waals surface area contributed by atoms with Crippen molar-refractivity contribution in [1.29, 1.82) is 0 Å². The number of aromatic nitrogens is 3. The molecule has 5 nitrogen and oxygen atoms in total. The number of rotatable bonds is 4. The molecule has 0 saturated heterocycles. The lowest BCUT2D eigenvalue weighted by molar-refractivity contribution is 0.101. The predicted octanol–water partition coefficient (Wildman–Crippen LogP) is 4.10. The van der Waals surface area contributed by atoms with Crippen molar-refractivity contribution < 1.29 is 4.79 Å². The van der Waals surface area contributed by atoms with Gasteiger partial charge in [0.2, 0.25) is 0 Å². The molecule has 3 aromatic heterocycles. The number of amides is 1. The third kappa shape index (κ3) is 3.07. The molecule has 3 heterocycles. The SMILES string of the molecule is CCn1nccc1C(=O)Nc1nc(-c2ccc(Br)s2)cs1. The summed E-state index contributed by atoms with van der Waals surface area (Å²) in [6.45, 7) is 2.60. The number of aryl methyl sites for hydroxylation is 1. The minimum absolute atomic E-state index is 0.192. The Morgan fingerprint density at radius 1 is 1.43 bits per heavy atom. The average molecular weight is 383 g/mol. The molecule has 0 aliphatic heterocycles. The van der Waals surface area contributed by atoms with Crippen LogP contribution in [0.25, 0.3) is 10.6 Å². The lowest BCUT2D eigenvalue weighted by Gasteiger charge is -2.03. The van der Waals surface area contributed by atoms with Crippen LogP contribution < -0.4 is 5.32 Å². The molecule has 1 amide bonds. The van der Waals surface area contributed by atoms with Crippen LogP contribution in [0.3, 0.4) is 0 Å². The van der Waals surface area contributed by atoms with E-state index in [4.69, 9.17) is 0 Å². The summed E-state index contributed by atoms with van der Waals surface area (Å²) >= 11 is 6.46. The van der Waals surface area contributed by atoms with E-state index in [0.29, 0.717) is 17.4 Å². The minimum Gasteiger partial charge on any atom is -0.296 e. The number of nitrogens with one attached hydrogen (secondary N) is 1. The third-order valence-corrected chi connectivity index (χ3v) is 5.20. The Labute approximate surface area is 137 Å². The van der Waals surface area contributed by atoms with Crippen LogP contribution in [-0.4, -0.2) is 20.7 Å². The summed E-state index contributed by atoms with van der Waals surface area (Å²) in [5.74, 6) is -0.192. The van der Waals surface area contributed by atoms with Crippen LogP contribution in [0.1, 0.15) is 17.4 Å². The smallest absolute Gasteiger partial charge is 0.275 e. The van der Waals surface area contributed by atoms with Gasteiger partial charge >= 0.3 is 0 Å². The predicted molar refractivity (Wildman–Crippen MR) is 89.0 cm³/mol. The van der Waals surface area contributed by atoms with E-state index in [1.807, 2.05) is 24.4 Å². The van der Waals surface area contributed by atoms with Gasteiger partial charge in [0.15, 0.2) is 5.13 Å². The molecule has 0 fully saturated rings. The Balaban J connectivity index is 1.77. The topological polar surface area (TPSA) is 59.8 Å². The number of halogens is 1. The quantitative estimate of drug-likeness (QED) is 0.738. The van der Waals surface area contributed by atoms with E-state index in [9.17, 15) is 4.79 Å². The summed E-state index contributed by atoms with van der Waals surface area (Å²) in [5, 5.41) is 9.43. The normalized spacial score (nSPS) is 10.8. The van der Waals surface area contributed by atoms with Crippen LogP contribution in [0.15, 0.2) is 33.6 Å². The number of thiophene rings is 1. The minimum atomic E-state index is -0.192. The number of hydrogen-bond acceptors (Lipinski definition) is 5. The molecule has 8 heteroatoms. The number of nitrogens with zero attached hydrogens (tertiary/aromatic N) is 3. The van der Waals surface area contributed by atoms with Crippen molar-refractivity contribution in [3.05, 3.63) is 39.3 Å². The van der Waals surface area contributed by atoms with E-state index in [1.54, 1.807) is 28.3 Å². The van der Waals surface area contributed by atoms with Gasteiger partial charge in [0, 0.05) is 18.1 Å².